The fourth-order valence-corrected chi connectivity index (χ4v) is 4.83. The molecule has 2 saturated heterocycles. The fourth-order valence-electron chi connectivity index (χ4n) is 4.83. The number of anilines is 2. The molecule has 184 valence electrons. The number of nitro groups is 1. The molecule has 2 fully saturated rings. The molecule has 0 bridgehead atoms. The molecule has 0 radical (unpaired) electrons. The maximum Gasteiger partial charge on any atom is 0.300 e. The number of carbonyl (C=O) groups is 2. The molecule has 1 N–H and O–H groups in total. The lowest BCUT2D eigenvalue weighted by Gasteiger charge is -2.32. The van der Waals surface area contributed by atoms with Crippen LogP contribution in [0.5, 0.6) is 0 Å². The Labute approximate surface area is 207 Å². The van der Waals surface area contributed by atoms with E-state index in [0.29, 0.717) is 11.6 Å². The normalized spacial score (nSPS) is 20.2. The molecule has 1 unspecified atom stereocenters. The molecule has 1 atom stereocenters. The van der Waals surface area contributed by atoms with Crippen LogP contribution in [0, 0.1) is 16.0 Å². The Balaban J connectivity index is 1.55. The smallest absolute Gasteiger partial charge is 0.300 e. The molecule has 3 heterocycles. The zero-order chi connectivity index (χ0) is 25.4. The van der Waals surface area contributed by atoms with Gasteiger partial charge in [-0.3, -0.25) is 24.6 Å². The molecular weight excluding hydrogens is 462 g/mol. The quantitative estimate of drug-likeness (QED) is 0.176. The summed E-state index contributed by atoms with van der Waals surface area (Å²) in [6.07, 6.45) is 3.66. The zero-order valence-corrected chi connectivity index (χ0v) is 19.7. The maximum absolute atomic E-state index is 13.2. The molecule has 2 aromatic carbocycles. The first kappa shape index (κ1) is 23.3. The van der Waals surface area contributed by atoms with E-state index < -0.39 is 28.4 Å². The van der Waals surface area contributed by atoms with Gasteiger partial charge in [0.25, 0.3) is 17.4 Å². The van der Waals surface area contributed by atoms with Crippen molar-refractivity contribution in [3.63, 3.8) is 0 Å². The highest BCUT2D eigenvalue weighted by atomic mass is 16.6. The van der Waals surface area contributed by atoms with Crippen LogP contribution in [0.15, 0.2) is 76.9 Å². The van der Waals surface area contributed by atoms with Gasteiger partial charge in [0.15, 0.2) is 0 Å². The van der Waals surface area contributed by atoms with Gasteiger partial charge in [0, 0.05) is 42.2 Å². The molecule has 2 aliphatic rings. The number of aliphatic hydroxyl groups excluding tert-OH is 1. The average molecular weight is 488 g/mol. The summed E-state index contributed by atoms with van der Waals surface area (Å²) >= 11 is 0. The minimum absolute atomic E-state index is 0.0634. The van der Waals surface area contributed by atoms with Gasteiger partial charge < -0.3 is 14.4 Å². The highest BCUT2D eigenvalue weighted by molar-refractivity contribution is 6.51. The molecular formula is C27H25N3O6. The number of ketones is 1. The SMILES string of the molecule is CC1CCN(c2ccc(N3C(=O)C(=O)/C(=C(\O)c4cccc([N+](=O)[O-])c4)C3c3ccco3)cc2)CC1. The van der Waals surface area contributed by atoms with E-state index in [1.807, 2.05) is 12.1 Å². The van der Waals surface area contributed by atoms with Crippen LogP contribution in [0.3, 0.4) is 0 Å². The van der Waals surface area contributed by atoms with Gasteiger partial charge in [-0.25, -0.2) is 0 Å². The predicted molar refractivity (Wildman–Crippen MR) is 134 cm³/mol. The van der Waals surface area contributed by atoms with Gasteiger partial charge in [-0.1, -0.05) is 19.1 Å². The van der Waals surface area contributed by atoms with Crippen LogP contribution in [0.4, 0.5) is 17.1 Å². The Morgan fingerprint density at radius 3 is 2.36 bits per heavy atom. The minimum atomic E-state index is -1.03. The lowest BCUT2D eigenvalue weighted by Crippen LogP contribution is -2.33. The summed E-state index contributed by atoms with van der Waals surface area (Å²) in [5.74, 6) is -1.22. The number of rotatable bonds is 5. The number of amides is 1. The van der Waals surface area contributed by atoms with Gasteiger partial charge in [-0.15, -0.1) is 0 Å². The van der Waals surface area contributed by atoms with Gasteiger partial charge >= 0.3 is 0 Å². The highest BCUT2D eigenvalue weighted by Crippen LogP contribution is 2.43. The van der Waals surface area contributed by atoms with Crippen LogP contribution in [0.25, 0.3) is 5.76 Å². The molecule has 0 saturated carbocycles. The van der Waals surface area contributed by atoms with Crippen LogP contribution in [-0.4, -0.2) is 34.8 Å². The number of nitrogens with zero attached hydrogens (tertiary/aromatic N) is 3. The van der Waals surface area contributed by atoms with E-state index in [9.17, 15) is 24.8 Å². The average Bonchev–Trinajstić information content (AvgIpc) is 3.51. The Morgan fingerprint density at radius 2 is 1.72 bits per heavy atom. The maximum atomic E-state index is 13.2. The van der Waals surface area contributed by atoms with Crippen molar-refractivity contribution in [2.24, 2.45) is 5.92 Å². The lowest BCUT2D eigenvalue weighted by molar-refractivity contribution is -0.384. The molecule has 9 nitrogen and oxygen atoms in total. The Kier molecular flexibility index (Phi) is 6.05. The number of non-ortho nitro benzene ring substituents is 1. The second-order valence-corrected chi connectivity index (χ2v) is 9.18. The number of carbonyl (C=O) groups excluding carboxylic acids is 2. The molecule has 36 heavy (non-hydrogen) atoms. The first-order valence-corrected chi connectivity index (χ1v) is 11.8. The third-order valence-electron chi connectivity index (χ3n) is 6.86. The van der Waals surface area contributed by atoms with Crippen molar-refractivity contribution >= 4 is 34.5 Å². The number of hydrogen-bond acceptors (Lipinski definition) is 7. The summed E-state index contributed by atoms with van der Waals surface area (Å²) in [7, 11) is 0. The van der Waals surface area contributed by atoms with Crippen molar-refractivity contribution < 1.29 is 24.0 Å². The van der Waals surface area contributed by atoms with Gasteiger partial charge in [0.2, 0.25) is 0 Å². The molecule has 1 amide bonds. The summed E-state index contributed by atoms with van der Waals surface area (Å²) in [5.41, 5.74) is 1.14. The van der Waals surface area contributed by atoms with E-state index in [1.165, 1.54) is 29.4 Å². The molecule has 3 aromatic rings. The summed E-state index contributed by atoms with van der Waals surface area (Å²) in [4.78, 5) is 40.6. The van der Waals surface area contributed by atoms with E-state index in [1.54, 1.807) is 24.3 Å². The van der Waals surface area contributed by atoms with Crippen LogP contribution in [0.1, 0.15) is 37.1 Å². The zero-order valence-electron chi connectivity index (χ0n) is 19.7. The topological polar surface area (TPSA) is 117 Å². The Bertz CT molecular complexity index is 1340. The van der Waals surface area contributed by atoms with Crippen molar-refractivity contribution in [3.8, 4) is 0 Å². The first-order chi connectivity index (χ1) is 17.3. The first-order valence-electron chi connectivity index (χ1n) is 11.8. The van der Waals surface area contributed by atoms with Crippen LogP contribution in [-0.2, 0) is 9.59 Å². The highest BCUT2D eigenvalue weighted by Gasteiger charge is 2.48. The molecule has 1 aromatic heterocycles. The fraction of sp³-hybridized carbons (Fsp3) is 0.259. The molecule has 0 spiro atoms. The van der Waals surface area contributed by atoms with Gasteiger partial charge in [0.1, 0.15) is 17.6 Å². The molecule has 9 heteroatoms. The second-order valence-electron chi connectivity index (χ2n) is 9.18. The third kappa shape index (κ3) is 4.13. The number of benzene rings is 2. The van der Waals surface area contributed by atoms with Crippen molar-refractivity contribution in [3.05, 3.63) is 93.9 Å². The number of hydrogen-bond donors (Lipinski definition) is 1. The standard InChI is InChI=1S/C27H25N3O6/c1-17-11-13-28(14-12-17)19-7-9-20(10-8-19)29-24(22-6-3-15-36-22)23(26(32)27(29)33)25(31)18-4-2-5-21(16-18)30(34)35/h2-10,15-17,24,31H,11-14H2,1H3/b25-23-. The number of Topliss-reactive ketones (excluding diaryl/α,β-unsaturated/α-hetero) is 1. The van der Waals surface area contributed by atoms with E-state index in [4.69, 9.17) is 4.42 Å². The summed E-state index contributed by atoms with van der Waals surface area (Å²) in [6.45, 7) is 4.17. The minimum Gasteiger partial charge on any atom is -0.507 e. The summed E-state index contributed by atoms with van der Waals surface area (Å²) in [6, 6.07) is 14.9. The number of piperidine rings is 1. The largest absolute Gasteiger partial charge is 0.507 e. The number of furan rings is 1. The predicted octanol–water partition coefficient (Wildman–Crippen LogP) is 5.05. The van der Waals surface area contributed by atoms with Crippen molar-refractivity contribution in [1.82, 2.24) is 0 Å². The Morgan fingerprint density at radius 1 is 1.03 bits per heavy atom. The number of aliphatic hydroxyl groups is 1. The van der Waals surface area contributed by atoms with E-state index >= 15 is 0 Å². The van der Waals surface area contributed by atoms with Crippen LogP contribution < -0.4 is 9.80 Å². The lowest BCUT2D eigenvalue weighted by atomic mass is 9.98. The van der Waals surface area contributed by atoms with Crippen LogP contribution >= 0.6 is 0 Å². The van der Waals surface area contributed by atoms with E-state index in [0.717, 1.165) is 37.7 Å². The van der Waals surface area contributed by atoms with Gasteiger partial charge in [-0.2, -0.15) is 0 Å². The Hall–Kier alpha value is -4.40. The molecule has 0 aliphatic carbocycles. The number of nitro benzene ring substituents is 1. The summed E-state index contributed by atoms with van der Waals surface area (Å²) in [5, 5.41) is 22.3. The van der Waals surface area contributed by atoms with Crippen molar-refractivity contribution in [1.29, 1.82) is 0 Å². The van der Waals surface area contributed by atoms with Gasteiger partial charge in [0.05, 0.1) is 16.8 Å². The second kappa shape index (κ2) is 9.33. The molecule has 2 aliphatic heterocycles. The summed E-state index contributed by atoms with van der Waals surface area (Å²) < 4.78 is 5.57. The van der Waals surface area contributed by atoms with Crippen LogP contribution in [0.2, 0.25) is 0 Å². The molecule has 5 rings (SSSR count). The monoisotopic (exact) mass is 487 g/mol. The van der Waals surface area contributed by atoms with E-state index in [2.05, 4.69) is 11.8 Å². The van der Waals surface area contributed by atoms with E-state index in [-0.39, 0.29) is 22.6 Å². The van der Waals surface area contributed by atoms with Crippen molar-refractivity contribution in [2.75, 3.05) is 22.9 Å². The van der Waals surface area contributed by atoms with Crippen molar-refractivity contribution in [2.45, 2.75) is 25.8 Å². The third-order valence-corrected chi connectivity index (χ3v) is 6.86. The van der Waals surface area contributed by atoms with Gasteiger partial charge in [-0.05, 0) is 55.2 Å².